The SMILES string of the molecule is NCc1cc(Cl)nc(-c2cnc(C(F)(F)F)nc2)c1. The van der Waals surface area contributed by atoms with E-state index in [0.29, 0.717) is 11.3 Å². The van der Waals surface area contributed by atoms with Crippen molar-refractivity contribution in [1.82, 2.24) is 15.0 Å². The van der Waals surface area contributed by atoms with Gasteiger partial charge in [-0.25, -0.2) is 15.0 Å². The maximum absolute atomic E-state index is 12.3. The molecule has 8 heteroatoms. The van der Waals surface area contributed by atoms with Crippen LogP contribution in [0.5, 0.6) is 0 Å². The molecule has 0 spiro atoms. The predicted molar refractivity (Wildman–Crippen MR) is 63.2 cm³/mol. The van der Waals surface area contributed by atoms with Crippen LogP contribution in [0.15, 0.2) is 24.5 Å². The number of halogens is 4. The van der Waals surface area contributed by atoms with Crippen molar-refractivity contribution in [2.24, 2.45) is 5.73 Å². The van der Waals surface area contributed by atoms with Crippen LogP contribution < -0.4 is 5.73 Å². The third-order valence-corrected chi connectivity index (χ3v) is 2.48. The highest BCUT2D eigenvalue weighted by atomic mass is 35.5. The topological polar surface area (TPSA) is 64.7 Å². The second-order valence-electron chi connectivity index (χ2n) is 3.68. The highest BCUT2D eigenvalue weighted by Crippen LogP contribution is 2.27. The number of alkyl halides is 3. The van der Waals surface area contributed by atoms with Crippen molar-refractivity contribution in [2.75, 3.05) is 0 Å². The molecule has 0 amide bonds. The molecule has 2 heterocycles. The van der Waals surface area contributed by atoms with Gasteiger partial charge < -0.3 is 5.73 Å². The Hall–Kier alpha value is -1.73. The number of aromatic nitrogens is 3. The van der Waals surface area contributed by atoms with Gasteiger partial charge in [0, 0.05) is 24.5 Å². The van der Waals surface area contributed by atoms with E-state index in [2.05, 4.69) is 15.0 Å². The molecule has 2 N–H and O–H groups in total. The molecule has 0 fully saturated rings. The first-order chi connectivity index (χ1) is 8.90. The van der Waals surface area contributed by atoms with Crippen molar-refractivity contribution in [3.8, 4) is 11.3 Å². The molecule has 100 valence electrons. The van der Waals surface area contributed by atoms with Crippen molar-refractivity contribution in [3.05, 3.63) is 41.1 Å². The molecule has 0 aromatic carbocycles. The Morgan fingerprint density at radius 2 is 1.79 bits per heavy atom. The molecule has 2 aromatic heterocycles. The highest BCUT2D eigenvalue weighted by molar-refractivity contribution is 6.29. The molecule has 0 atom stereocenters. The molecule has 2 aromatic rings. The highest BCUT2D eigenvalue weighted by Gasteiger charge is 2.34. The zero-order valence-electron chi connectivity index (χ0n) is 9.45. The third kappa shape index (κ3) is 3.18. The molecule has 2 rings (SSSR count). The lowest BCUT2D eigenvalue weighted by atomic mass is 10.1. The largest absolute Gasteiger partial charge is 0.451 e. The lowest BCUT2D eigenvalue weighted by Crippen LogP contribution is -2.10. The molecule has 0 unspecified atom stereocenters. The second kappa shape index (κ2) is 5.10. The quantitative estimate of drug-likeness (QED) is 0.863. The van der Waals surface area contributed by atoms with Crippen LogP contribution in [0.1, 0.15) is 11.4 Å². The van der Waals surface area contributed by atoms with Gasteiger partial charge in [-0.2, -0.15) is 13.2 Å². The minimum Gasteiger partial charge on any atom is -0.326 e. The molecular formula is C11H8ClF3N4. The van der Waals surface area contributed by atoms with Gasteiger partial charge >= 0.3 is 6.18 Å². The first-order valence-electron chi connectivity index (χ1n) is 5.16. The number of hydrogen-bond donors (Lipinski definition) is 1. The van der Waals surface area contributed by atoms with Crippen LogP contribution in [0, 0.1) is 0 Å². The van der Waals surface area contributed by atoms with Crippen LogP contribution in [-0.4, -0.2) is 15.0 Å². The number of rotatable bonds is 2. The Morgan fingerprint density at radius 3 is 2.32 bits per heavy atom. The van der Waals surface area contributed by atoms with Crippen molar-refractivity contribution in [3.63, 3.8) is 0 Å². The standard InChI is InChI=1S/C11H8ClF3N4/c12-9-2-6(3-16)1-8(19-9)7-4-17-10(18-5-7)11(13,14)15/h1-2,4-5H,3,16H2. The average molecular weight is 289 g/mol. The van der Waals surface area contributed by atoms with Gasteiger partial charge in [-0.15, -0.1) is 0 Å². The second-order valence-corrected chi connectivity index (χ2v) is 4.07. The zero-order chi connectivity index (χ0) is 14.0. The van der Waals surface area contributed by atoms with Gasteiger partial charge in [0.25, 0.3) is 0 Å². The third-order valence-electron chi connectivity index (χ3n) is 2.29. The normalized spacial score (nSPS) is 11.6. The van der Waals surface area contributed by atoms with Crippen molar-refractivity contribution in [2.45, 2.75) is 12.7 Å². The fourth-order valence-electron chi connectivity index (χ4n) is 1.42. The monoisotopic (exact) mass is 288 g/mol. The molecule has 0 aliphatic carbocycles. The van der Waals surface area contributed by atoms with E-state index in [0.717, 1.165) is 18.0 Å². The number of pyridine rings is 1. The van der Waals surface area contributed by atoms with Gasteiger partial charge in [0.1, 0.15) is 5.15 Å². The smallest absolute Gasteiger partial charge is 0.326 e. The Morgan fingerprint density at radius 1 is 1.16 bits per heavy atom. The maximum Gasteiger partial charge on any atom is 0.451 e. The summed E-state index contributed by atoms with van der Waals surface area (Å²) in [5, 5.41) is 0.206. The summed E-state index contributed by atoms with van der Waals surface area (Å²) >= 11 is 5.80. The van der Waals surface area contributed by atoms with E-state index in [-0.39, 0.29) is 11.7 Å². The molecule has 0 aliphatic rings. The van der Waals surface area contributed by atoms with E-state index < -0.39 is 12.0 Å². The molecule has 0 aliphatic heterocycles. The van der Waals surface area contributed by atoms with Gasteiger partial charge in [0.15, 0.2) is 0 Å². The summed E-state index contributed by atoms with van der Waals surface area (Å²) in [6, 6.07) is 3.20. The Labute approximate surface area is 111 Å². The van der Waals surface area contributed by atoms with E-state index in [1.54, 1.807) is 12.1 Å². The van der Waals surface area contributed by atoms with Crippen molar-refractivity contribution >= 4 is 11.6 Å². The molecule has 4 nitrogen and oxygen atoms in total. The van der Waals surface area contributed by atoms with E-state index >= 15 is 0 Å². The summed E-state index contributed by atoms with van der Waals surface area (Å²) in [5.41, 5.74) is 6.91. The zero-order valence-corrected chi connectivity index (χ0v) is 10.2. The molecule has 0 saturated carbocycles. The van der Waals surface area contributed by atoms with E-state index in [9.17, 15) is 13.2 Å². The first-order valence-corrected chi connectivity index (χ1v) is 5.54. The summed E-state index contributed by atoms with van der Waals surface area (Å²) in [4.78, 5) is 10.5. The average Bonchev–Trinajstić information content (AvgIpc) is 2.37. The molecule has 0 saturated heterocycles. The number of hydrogen-bond acceptors (Lipinski definition) is 4. The Bertz CT molecular complexity index is 583. The first kappa shape index (κ1) is 13.7. The summed E-state index contributed by atoms with van der Waals surface area (Å²) < 4.78 is 37.0. The Balaban J connectivity index is 2.40. The maximum atomic E-state index is 12.3. The van der Waals surface area contributed by atoms with Crippen LogP contribution in [0.3, 0.4) is 0 Å². The fourth-order valence-corrected chi connectivity index (χ4v) is 1.65. The van der Waals surface area contributed by atoms with Crippen LogP contribution in [0.2, 0.25) is 5.15 Å². The van der Waals surface area contributed by atoms with Crippen LogP contribution >= 0.6 is 11.6 Å². The lowest BCUT2D eigenvalue weighted by Gasteiger charge is -2.06. The minimum atomic E-state index is -4.57. The predicted octanol–water partition coefficient (Wildman–Crippen LogP) is 2.67. The van der Waals surface area contributed by atoms with E-state index in [1.807, 2.05) is 0 Å². The summed E-state index contributed by atoms with van der Waals surface area (Å²) in [6.45, 7) is 0.247. The van der Waals surface area contributed by atoms with E-state index in [4.69, 9.17) is 17.3 Å². The summed E-state index contributed by atoms with van der Waals surface area (Å²) in [7, 11) is 0. The number of nitrogens with zero attached hydrogens (tertiary/aromatic N) is 3. The molecule has 0 bridgehead atoms. The van der Waals surface area contributed by atoms with Gasteiger partial charge in [0.2, 0.25) is 5.82 Å². The van der Waals surface area contributed by atoms with Gasteiger partial charge in [-0.3, -0.25) is 0 Å². The Kier molecular flexibility index (Phi) is 3.68. The lowest BCUT2D eigenvalue weighted by molar-refractivity contribution is -0.144. The fraction of sp³-hybridized carbons (Fsp3) is 0.182. The summed E-state index contributed by atoms with van der Waals surface area (Å²) in [5.74, 6) is -1.20. The van der Waals surface area contributed by atoms with Crippen LogP contribution in [0.4, 0.5) is 13.2 Å². The molecule has 0 radical (unpaired) electrons. The van der Waals surface area contributed by atoms with Gasteiger partial charge in [-0.1, -0.05) is 11.6 Å². The molecular weight excluding hydrogens is 281 g/mol. The van der Waals surface area contributed by atoms with Crippen molar-refractivity contribution in [1.29, 1.82) is 0 Å². The van der Waals surface area contributed by atoms with Gasteiger partial charge in [0.05, 0.1) is 5.69 Å². The van der Waals surface area contributed by atoms with Crippen molar-refractivity contribution < 1.29 is 13.2 Å². The molecule has 19 heavy (non-hydrogen) atoms. The van der Waals surface area contributed by atoms with E-state index in [1.165, 1.54) is 0 Å². The van der Waals surface area contributed by atoms with Gasteiger partial charge in [-0.05, 0) is 17.7 Å². The van der Waals surface area contributed by atoms with Crippen LogP contribution in [0.25, 0.3) is 11.3 Å². The number of nitrogens with two attached hydrogens (primary N) is 1. The summed E-state index contributed by atoms with van der Waals surface area (Å²) in [6.07, 6.45) is -2.47. The van der Waals surface area contributed by atoms with Crippen LogP contribution in [-0.2, 0) is 12.7 Å². The minimum absolute atomic E-state index is 0.206.